The summed E-state index contributed by atoms with van der Waals surface area (Å²) in [7, 11) is 2.05. The van der Waals surface area contributed by atoms with E-state index in [0.29, 0.717) is 5.76 Å². The monoisotopic (exact) mass is 581 g/mol. The number of anilines is 3. The van der Waals surface area contributed by atoms with Crippen molar-refractivity contribution in [3.63, 3.8) is 0 Å². The molecule has 0 unspecified atom stereocenters. The van der Waals surface area contributed by atoms with Gasteiger partial charge in [0.05, 0.1) is 29.4 Å². The van der Waals surface area contributed by atoms with Crippen LogP contribution in [0.4, 0.5) is 22.0 Å². The number of piperazine rings is 1. The zero-order chi connectivity index (χ0) is 29.3. The van der Waals surface area contributed by atoms with Crippen LogP contribution in [0.25, 0.3) is 10.2 Å². The van der Waals surface area contributed by atoms with E-state index in [1.165, 1.54) is 12.3 Å². The number of carboxylic acid groups (broad SMARTS) is 1. The first-order valence-electron chi connectivity index (χ1n) is 12.7. The van der Waals surface area contributed by atoms with Gasteiger partial charge >= 0.3 is 12.1 Å². The molecule has 4 heterocycles. The molecule has 1 fully saturated rings. The maximum absolute atomic E-state index is 13.6. The standard InChI is InChI=1S/C26H27N7O7S/c1-4-39-26(38)33-24-17(12-20(41-24)25(36)37)21(30-33)29-22(34)16-6-5-15(32-9-7-31(3)8-10-32)11-19(16)28-23(35)18-13-27-40-14(18)2/h5-6,11-13H,4,7-10H2,1-3H3,(H,28,35)(H,36,37)(H,29,30,34). The van der Waals surface area contributed by atoms with Gasteiger partial charge in [-0.15, -0.1) is 16.4 Å². The predicted octanol–water partition coefficient (Wildman–Crippen LogP) is 3.35. The number of carbonyl (C=O) groups excluding carboxylic acids is 3. The topological polar surface area (TPSA) is 172 Å². The SMILES string of the molecule is CCOC(=O)n1nc(NC(=O)c2ccc(N3CCN(C)CC3)cc2NC(=O)c2cnoc2C)c2cc(C(=O)O)sc21. The van der Waals surface area contributed by atoms with Crippen LogP contribution in [0.3, 0.4) is 0 Å². The molecule has 0 bridgehead atoms. The lowest BCUT2D eigenvalue weighted by atomic mass is 10.1. The van der Waals surface area contributed by atoms with Gasteiger partial charge in [-0.05, 0) is 45.2 Å². The second kappa shape index (κ2) is 11.4. The van der Waals surface area contributed by atoms with E-state index in [2.05, 4.69) is 30.7 Å². The first-order valence-corrected chi connectivity index (χ1v) is 13.5. The van der Waals surface area contributed by atoms with Crippen LogP contribution in [0.5, 0.6) is 0 Å². The summed E-state index contributed by atoms with van der Waals surface area (Å²) < 4.78 is 11.0. The fourth-order valence-corrected chi connectivity index (χ4v) is 5.33. The predicted molar refractivity (Wildman–Crippen MR) is 150 cm³/mol. The lowest BCUT2D eigenvalue weighted by molar-refractivity contribution is 0.0701. The molecule has 1 aliphatic rings. The van der Waals surface area contributed by atoms with E-state index in [0.717, 1.165) is 47.9 Å². The average Bonchev–Trinajstić information content (AvgIpc) is 3.65. The van der Waals surface area contributed by atoms with E-state index in [9.17, 15) is 24.3 Å². The Morgan fingerprint density at radius 1 is 1.07 bits per heavy atom. The highest BCUT2D eigenvalue weighted by Gasteiger charge is 2.25. The molecular formula is C26H27N7O7S. The van der Waals surface area contributed by atoms with Gasteiger partial charge < -0.3 is 34.8 Å². The molecule has 41 heavy (non-hydrogen) atoms. The van der Waals surface area contributed by atoms with Gasteiger partial charge in [-0.25, -0.2) is 9.59 Å². The van der Waals surface area contributed by atoms with Gasteiger partial charge in [0, 0.05) is 31.9 Å². The molecule has 3 aromatic heterocycles. The zero-order valence-corrected chi connectivity index (χ0v) is 23.3. The molecular weight excluding hydrogens is 554 g/mol. The summed E-state index contributed by atoms with van der Waals surface area (Å²) in [4.78, 5) is 55.3. The number of aromatic nitrogens is 3. The number of carboxylic acids is 1. The first-order chi connectivity index (χ1) is 19.7. The van der Waals surface area contributed by atoms with Crippen LogP contribution in [-0.2, 0) is 4.74 Å². The Morgan fingerprint density at radius 3 is 2.46 bits per heavy atom. The van der Waals surface area contributed by atoms with Crippen LogP contribution in [0.2, 0.25) is 0 Å². The van der Waals surface area contributed by atoms with E-state index in [-0.39, 0.29) is 44.3 Å². The Hall–Kier alpha value is -4.76. The van der Waals surface area contributed by atoms with Crippen LogP contribution >= 0.6 is 11.3 Å². The van der Waals surface area contributed by atoms with E-state index in [1.54, 1.807) is 32.0 Å². The highest BCUT2D eigenvalue weighted by Crippen LogP contribution is 2.33. The summed E-state index contributed by atoms with van der Waals surface area (Å²) in [6, 6.07) is 6.44. The number of ether oxygens (including phenoxy) is 1. The highest BCUT2D eigenvalue weighted by atomic mass is 32.1. The van der Waals surface area contributed by atoms with Crippen molar-refractivity contribution in [3.05, 3.63) is 52.2 Å². The Kier molecular flexibility index (Phi) is 7.72. The van der Waals surface area contributed by atoms with Gasteiger partial charge in [0.2, 0.25) is 0 Å². The van der Waals surface area contributed by atoms with Gasteiger partial charge in [0.25, 0.3) is 11.8 Å². The molecule has 3 N–H and O–H groups in total. The molecule has 15 heteroatoms. The van der Waals surface area contributed by atoms with Gasteiger partial charge in [0.1, 0.15) is 21.0 Å². The minimum absolute atomic E-state index is 0.0305. The number of rotatable bonds is 7. The summed E-state index contributed by atoms with van der Waals surface area (Å²) in [5.74, 6) is -2.04. The number of likely N-dealkylation sites (N-methyl/N-ethyl adjacent to an activating group) is 1. The number of hydrogen-bond donors (Lipinski definition) is 3. The number of nitrogens with zero attached hydrogens (tertiary/aromatic N) is 5. The number of nitrogens with one attached hydrogen (secondary N) is 2. The molecule has 2 amide bonds. The molecule has 1 aromatic carbocycles. The summed E-state index contributed by atoms with van der Waals surface area (Å²) in [5.41, 5.74) is 1.40. The van der Waals surface area contributed by atoms with Crippen molar-refractivity contribution in [2.24, 2.45) is 0 Å². The molecule has 0 atom stereocenters. The molecule has 214 valence electrons. The molecule has 4 aromatic rings. The summed E-state index contributed by atoms with van der Waals surface area (Å²) >= 11 is 0.827. The molecule has 14 nitrogen and oxygen atoms in total. The third kappa shape index (κ3) is 5.62. The van der Waals surface area contributed by atoms with Crippen molar-refractivity contribution in [2.75, 3.05) is 55.4 Å². The largest absolute Gasteiger partial charge is 0.477 e. The van der Waals surface area contributed by atoms with E-state index >= 15 is 0 Å². The Labute approximate surface area is 237 Å². The van der Waals surface area contributed by atoms with Gasteiger partial charge in [0.15, 0.2) is 5.82 Å². The second-order valence-corrected chi connectivity index (χ2v) is 10.3. The van der Waals surface area contributed by atoms with Gasteiger partial charge in [-0.2, -0.15) is 4.68 Å². The number of aryl methyl sites for hydroxylation is 1. The van der Waals surface area contributed by atoms with Crippen LogP contribution < -0.4 is 15.5 Å². The van der Waals surface area contributed by atoms with Crippen molar-refractivity contribution in [2.45, 2.75) is 13.8 Å². The number of fused-ring (bicyclic) bond motifs is 1. The Bertz CT molecular complexity index is 1650. The van der Waals surface area contributed by atoms with Crippen LogP contribution in [-0.4, -0.2) is 88.7 Å². The maximum Gasteiger partial charge on any atom is 0.436 e. The number of hydrogen-bond acceptors (Lipinski definition) is 11. The van der Waals surface area contributed by atoms with E-state index in [4.69, 9.17) is 9.26 Å². The number of benzene rings is 1. The van der Waals surface area contributed by atoms with Crippen molar-refractivity contribution < 1.29 is 33.5 Å². The Balaban J connectivity index is 1.50. The van der Waals surface area contributed by atoms with Crippen molar-refractivity contribution in [1.29, 1.82) is 0 Å². The average molecular weight is 582 g/mol. The van der Waals surface area contributed by atoms with Crippen molar-refractivity contribution >= 4 is 62.6 Å². The normalized spacial score (nSPS) is 13.8. The number of aromatic carboxylic acids is 1. The maximum atomic E-state index is 13.6. The quantitative estimate of drug-likeness (QED) is 0.292. The summed E-state index contributed by atoms with van der Waals surface area (Å²) in [5, 5.41) is 23.0. The van der Waals surface area contributed by atoms with Crippen LogP contribution in [0.1, 0.15) is 43.1 Å². The smallest absolute Gasteiger partial charge is 0.436 e. The van der Waals surface area contributed by atoms with Crippen molar-refractivity contribution in [3.8, 4) is 0 Å². The molecule has 0 spiro atoms. The fraction of sp³-hybridized carbons (Fsp3) is 0.308. The number of carbonyl (C=O) groups is 4. The van der Waals surface area contributed by atoms with Crippen LogP contribution in [0.15, 0.2) is 35.0 Å². The number of thiophene rings is 1. The third-order valence-corrected chi connectivity index (χ3v) is 7.70. The highest BCUT2D eigenvalue weighted by molar-refractivity contribution is 7.20. The molecule has 1 saturated heterocycles. The van der Waals surface area contributed by atoms with E-state index in [1.807, 2.05) is 7.05 Å². The Morgan fingerprint density at radius 2 is 1.80 bits per heavy atom. The lowest BCUT2D eigenvalue weighted by Crippen LogP contribution is -2.44. The van der Waals surface area contributed by atoms with Crippen molar-refractivity contribution in [1.82, 2.24) is 19.8 Å². The van der Waals surface area contributed by atoms with Gasteiger partial charge in [-0.3, -0.25) is 9.59 Å². The molecule has 1 aliphatic heterocycles. The third-order valence-electron chi connectivity index (χ3n) is 6.60. The van der Waals surface area contributed by atoms with E-state index < -0.39 is 23.9 Å². The number of amides is 2. The summed E-state index contributed by atoms with van der Waals surface area (Å²) in [6.07, 6.45) is 0.481. The minimum atomic E-state index is -1.19. The lowest BCUT2D eigenvalue weighted by Gasteiger charge is -2.34. The molecule has 0 radical (unpaired) electrons. The molecule has 0 aliphatic carbocycles. The minimum Gasteiger partial charge on any atom is -0.477 e. The molecule has 5 rings (SSSR count). The zero-order valence-electron chi connectivity index (χ0n) is 22.5. The van der Waals surface area contributed by atoms with Crippen LogP contribution in [0, 0.1) is 6.92 Å². The fourth-order valence-electron chi connectivity index (χ4n) is 4.39. The van der Waals surface area contributed by atoms with Gasteiger partial charge in [-0.1, -0.05) is 5.16 Å². The first kappa shape index (κ1) is 27.8. The summed E-state index contributed by atoms with van der Waals surface area (Å²) in [6.45, 7) is 6.58. The molecule has 0 saturated carbocycles. The second-order valence-electron chi connectivity index (χ2n) is 9.32.